The summed E-state index contributed by atoms with van der Waals surface area (Å²) in [5.41, 5.74) is 8.29. The van der Waals surface area contributed by atoms with Crippen LogP contribution in [0.25, 0.3) is 16.5 Å². The summed E-state index contributed by atoms with van der Waals surface area (Å²) in [6.07, 6.45) is 1.66. The normalized spacial score (nSPS) is 12.0. The first-order valence-corrected chi connectivity index (χ1v) is 6.14. The van der Waals surface area contributed by atoms with Gasteiger partial charge < -0.3 is 5.73 Å². The molecule has 0 amide bonds. The largest absolute Gasteiger partial charge is 0.397 e. The van der Waals surface area contributed by atoms with Crippen LogP contribution in [0.2, 0.25) is 0 Å². The van der Waals surface area contributed by atoms with Gasteiger partial charge in [0.15, 0.2) is 0 Å². The lowest BCUT2D eigenvalue weighted by Crippen LogP contribution is -2.01. The van der Waals surface area contributed by atoms with Gasteiger partial charge in [-0.2, -0.15) is 5.26 Å². The first kappa shape index (κ1) is 12.2. The lowest BCUT2D eigenvalue weighted by atomic mass is 10.0. The van der Waals surface area contributed by atoms with Crippen LogP contribution in [0.4, 0.5) is 0 Å². The van der Waals surface area contributed by atoms with Crippen molar-refractivity contribution in [2.75, 3.05) is 0 Å². The van der Waals surface area contributed by atoms with Crippen molar-refractivity contribution in [3.05, 3.63) is 53.6 Å². The molecule has 0 aliphatic rings. The summed E-state index contributed by atoms with van der Waals surface area (Å²) < 4.78 is 0. The minimum absolute atomic E-state index is 0.602. The Morgan fingerprint density at radius 3 is 2.56 bits per heavy atom. The molecule has 0 aliphatic heterocycles. The molecule has 18 heavy (non-hydrogen) atoms. The number of fused-ring (bicyclic) bond motifs is 1. The average Bonchev–Trinajstić information content (AvgIpc) is 2.43. The third-order valence-electron chi connectivity index (χ3n) is 3.02. The van der Waals surface area contributed by atoms with Gasteiger partial charge in [-0.1, -0.05) is 49.7 Å². The van der Waals surface area contributed by atoms with Crippen molar-refractivity contribution < 1.29 is 0 Å². The minimum atomic E-state index is 0.602. The zero-order valence-corrected chi connectivity index (χ0v) is 10.5. The molecule has 0 bridgehead atoms. The van der Waals surface area contributed by atoms with Crippen molar-refractivity contribution in [3.63, 3.8) is 0 Å². The standard InChI is InChI=1S/C16H16N2/c1-2-5-15(11-17)16(18)14-9-8-12-6-3-4-7-13(12)10-14/h3-4,6-10H,2,5,18H2,1H3/b16-15-. The molecular formula is C16H16N2. The van der Waals surface area contributed by atoms with E-state index in [4.69, 9.17) is 11.0 Å². The minimum Gasteiger partial charge on any atom is -0.397 e. The van der Waals surface area contributed by atoms with Crippen molar-refractivity contribution in [1.82, 2.24) is 0 Å². The molecule has 2 aromatic carbocycles. The van der Waals surface area contributed by atoms with E-state index in [-0.39, 0.29) is 0 Å². The maximum atomic E-state index is 9.11. The first-order valence-electron chi connectivity index (χ1n) is 6.14. The smallest absolute Gasteiger partial charge is 0.0968 e. The highest BCUT2D eigenvalue weighted by Crippen LogP contribution is 2.22. The second-order valence-electron chi connectivity index (χ2n) is 4.32. The van der Waals surface area contributed by atoms with Crippen LogP contribution in [0.1, 0.15) is 25.3 Å². The number of nitrogens with two attached hydrogens (primary N) is 1. The lowest BCUT2D eigenvalue weighted by molar-refractivity contribution is 0.929. The van der Waals surface area contributed by atoms with Crippen LogP contribution in [-0.4, -0.2) is 0 Å². The first-order chi connectivity index (χ1) is 8.76. The summed E-state index contributed by atoms with van der Waals surface area (Å²) in [7, 11) is 0. The van der Waals surface area contributed by atoms with Gasteiger partial charge in [0, 0.05) is 0 Å². The number of hydrogen-bond donors (Lipinski definition) is 1. The van der Waals surface area contributed by atoms with Crippen molar-refractivity contribution in [2.24, 2.45) is 5.73 Å². The highest BCUT2D eigenvalue weighted by Gasteiger charge is 2.05. The molecule has 0 unspecified atom stereocenters. The molecule has 2 nitrogen and oxygen atoms in total. The SMILES string of the molecule is CCC/C(C#N)=C(/N)c1ccc2ccccc2c1. The highest BCUT2D eigenvalue weighted by atomic mass is 14.6. The van der Waals surface area contributed by atoms with Gasteiger partial charge in [0.05, 0.1) is 17.3 Å². The monoisotopic (exact) mass is 236 g/mol. The van der Waals surface area contributed by atoms with Crippen molar-refractivity contribution >= 4 is 16.5 Å². The fraction of sp³-hybridized carbons (Fsp3) is 0.188. The summed E-state index contributed by atoms with van der Waals surface area (Å²) >= 11 is 0. The van der Waals surface area contributed by atoms with E-state index in [1.54, 1.807) is 0 Å². The second-order valence-corrected chi connectivity index (χ2v) is 4.32. The zero-order valence-electron chi connectivity index (χ0n) is 10.5. The fourth-order valence-electron chi connectivity index (χ4n) is 2.03. The molecule has 0 atom stereocenters. The van der Waals surface area contributed by atoms with Gasteiger partial charge in [0.2, 0.25) is 0 Å². The molecule has 0 radical (unpaired) electrons. The van der Waals surface area contributed by atoms with E-state index < -0.39 is 0 Å². The molecule has 2 heteroatoms. The zero-order chi connectivity index (χ0) is 13.0. The third kappa shape index (κ3) is 2.36. The maximum Gasteiger partial charge on any atom is 0.0968 e. The maximum absolute atomic E-state index is 9.11. The van der Waals surface area contributed by atoms with E-state index in [1.807, 2.05) is 37.3 Å². The lowest BCUT2D eigenvalue weighted by Gasteiger charge is -2.06. The Hall–Kier alpha value is -2.27. The van der Waals surface area contributed by atoms with Crippen LogP contribution in [0, 0.1) is 11.3 Å². The number of benzene rings is 2. The molecule has 0 spiro atoms. The summed E-state index contributed by atoms with van der Waals surface area (Å²) in [5.74, 6) is 0. The summed E-state index contributed by atoms with van der Waals surface area (Å²) in [4.78, 5) is 0. The molecule has 2 rings (SSSR count). The van der Waals surface area contributed by atoms with Crippen molar-refractivity contribution in [3.8, 4) is 6.07 Å². The molecule has 0 aromatic heterocycles. The summed E-state index contributed by atoms with van der Waals surface area (Å²) in [6.45, 7) is 2.05. The van der Waals surface area contributed by atoms with Gasteiger partial charge in [0.25, 0.3) is 0 Å². The van der Waals surface area contributed by atoms with Crippen LogP contribution in [0.5, 0.6) is 0 Å². The Kier molecular flexibility index (Phi) is 3.64. The molecule has 2 aromatic rings. The summed E-state index contributed by atoms with van der Waals surface area (Å²) in [6, 6.07) is 16.4. The van der Waals surface area contributed by atoms with Crippen LogP contribution in [0.15, 0.2) is 48.0 Å². The molecule has 0 saturated heterocycles. The molecule has 90 valence electrons. The Morgan fingerprint density at radius 1 is 1.17 bits per heavy atom. The van der Waals surface area contributed by atoms with Crippen LogP contribution in [0.3, 0.4) is 0 Å². The molecule has 0 saturated carbocycles. The van der Waals surface area contributed by atoms with Gasteiger partial charge in [-0.15, -0.1) is 0 Å². The van der Waals surface area contributed by atoms with Gasteiger partial charge in [-0.05, 0) is 28.8 Å². The van der Waals surface area contributed by atoms with Crippen LogP contribution >= 0.6 is 0 Å². The number of hydrogen-bond acceptors (Lipinski definition) is 2. The van der Waals surface area contributed by atoms with E-state index in [0.29, 0.717) is 11.3 Å². The van der Waals surface area contributed by atoms with Gasteiger partial charge in [0.1, 0.15) is 0 Å². The number of rotatable bonds is 3. The van der Waals surface area contributed by atoms with Crippen molar-refractivity contribution in [1.29, 1.82) is 5.26 Å². The predicted octanol–water partition coefficient (Wildman–Crippen LogP) is 3.83. The number of nitriles is 1. The molecule has 0 heterocycles. The molecule has 0 fully saturated rings. The predicted molar refractivity (Wildman–Crippen MR) is 75.6 cm³/mol. The van der Waals surface area contributed by atoms with Crippen molar-refractivity contribution in [2.45, 2.75) is 19.8 Å². The fourth-order valence-corrected chi connectivity index (χ4v) is 2.03. The van der Waals surface area contributed by atoms with E-state index in [9.17, 15) is 0 Å². The molecule has 2 N–H and O–H groups in total. The number of allylic oxidation sites excluding steroid dienone is 1. The van der Waals surface area contributed by atoms with Gasteiger partial charge in [-0.3, -0.25) is 0 Å². The van der Waals surface area contributed by atoms with E-state index in [2.05, 4.69) is 18.2 Å². The Balaban J connectivity index is 2.51. The van der Waals surface area contributed by atoms with E-state index in [0.717, 1.165) is 23.8 Å². The topological polar surface area (TPSA) is 49.8 Å². The third-order valence-corrected chi connectivity index (χ3v) is 3.02. The van der Waals surface area contributed by atoms with E-state index in [1.165, 1.54) is 5.39 Å². The Bertz CT molecular complexity index is 633. The second kappa shape index (κ2) is 5.37. The number of nitrogens with zero attached hydrogens (tertiary/aromatic N) is 1. The van der Waals surface area contributed by atoms with Gasteiger partial charge >= 0.3 is 0 Å². The van der Waals surface area contributed by atoms with Gasteiger partial charge in [-0.25, -0.2) is 0 Å². The summed E-state index contributed by atoms with van der Waals surface area (Å²) in [5, 5.41) is 11.4. The Labute approximate surface area is 107 Å². The highest BCUT2D eigenvalue weighted by molar-refractivity contribution is 5.86. The molecule has 0 aliphatic carbocycles. The average molecular weight is 236 g/mol. The quantitative estimate of drug-likeness (QED) is 0.823. The van der Waals surface area contributed by atoms with Crippen LogP contribution in [-0.2, 0) is 0 Å². The molecular weight excluding hydrogens is 220 g/mol. The van der Waals surface area contributed by atoms with E-state index >= 15 is 0 Å². The van der Waals surface area contributed by atoms with Crippen LogP contribution < -0.4 is 5.73 Å². The Morgan fingerprint density at radius 2 is 1.89 bits per heavy atom.